The van der Waals surface area contributed by atoms with Gasteiger partial charge in [0, 0.05) is 94.8 Å². The smallest absolute Gasteiger partial charge is 0.417 e. The Morgan fingerprint density at radius 1 is 0.699 bits per heavy atom. The van der Waals surface area contributed by atoms with E-state index in [1.807, 2.05) is 9.80 Å². The molecule has 1 amide bonds. The molecule has 2 fully saturated rings. The number of hydrogen-bond acceptors (Lipinski definition) is 13. The number of alkyl halides is 6. The lowest BCUT2D eigenvalue weighted by Crippen LogP contribution is -2.37. The lowest BCUT2D eigenvalue weighted by atomic mass is 9.89. The number of fused-ring (bicyclic) bond motifs is 2. The highest BCUT2D eigenvalue weighted by molar-refractivity contribution is 7.89. The molecule has 392 valence electrons. The number of carbonyl (C=O) groups is 3. The van der Waals surface area contributed by atoms with E-state index in [0.29, 0.717) is 76.1 Å². The number of rotatable bonds is 9. The van der Waals surface area contributed by atoms with Gasteiger partial charge in [-0.1, -0.05) is 6.07 Å². The predicted octanol–water partition coefficient (Wildman–Crippen LogP) is 5.70. The fourth-order valence-electron chi connectivity index (χ4n) is 7.76. The number of benzene rings is 4. The highest BCUT2D eigenvalue weighted by atomic mass is 32.2. The van der Waals surface area contributed by atoms with Gasteiger partial charge in [0.05, 0.1) is 64.2 Å². The van der Waals surface area contributed by atoms with E-state index in [1.165, 1.54) is 88.9 Å². The number of aromatic carboxylic acids is 1. The standard InChI is InChI=1S/C24H24F3N3O5S.C13H18N2O5S.C10H7F3N2O/c1-29(2)36(33,34)18-5-6-22(30-7-9-35-10-8-30)20(14-18)23(32)28-16-4-3-15-11-17(31)13-21(19(15)12-16)24(25,26)27;1-14(2)21(18,19)10-3-4-12(11(9-10)13(16)17)15-5-7-20-8-6-15;11-10(12,13)7-4-9(16)15-8-2-1-5(14)3-6(7)8/h3-6,12-14H,7-11H2,1-2H3,(H,28,32);3-4,9H,5-8H2,1-2H3,(H,16,17);1-4H,14H2,(H,15,16). The zero-order valence-electron chi connectivity index (χ0n) is 39.4. The van der Waals surface area contributed by atoms with Crippen LogP contribution in [0.15, 0.2) is 99.5 Å². The van der Waals surface area contributed by atoms with Crippen LogP contribution in [0.3, 0.4) is 0 Å². The number of hydrogen-bond donors (Lipinski definition) is 4. The fraction of sp³-hybridized carbons (Fsp3) is 0.319. The van der Waals surface area contributed by atoms with Gasteiger partial charge in [0.1, 0.15) is 0 Å². The number of aromatic nitrogens is 1. The Bertz CT molecular complexity index is 3240. The summed E-state index contributed by atoms with van der Waals surface area (Å²) in [6, 6.07) is 16.9. The quantitative estimate of drug-likeness (QED) is 0.102. The molecule has 5 N–H and O–H groups in total. The Morgan fingerprint density at radius 3 is 1.71 bits per heavy atom. The summed E-state index contributed by atoms with van der Waals surface area (Å²) in [4.78, 5) is 53.6. The van der Waals surface area contributed by atoms with Gasteiger partial charge in [0.2, 0.25) is 25.6 Å². The van der Waals surface area contributed by atoms with Crippen molar-refractivity contribution >= 4 is 76.9 Å². The van der Waals surface area contributed by atoms with Crippen LogP contribution in [0.25, 0.3) is 16.5 Å². The van der Waals surface area contributed by atoms with Gasteiger partial charge in [-0.2, -0.15) is 26.3 Å². The first-order valence-electron chi connectivity index (χ1n) is 21.9. The minimum atomic E-state index is -4.74. The summed E-state index contributed by atoms with van der Waals surface area (Å²) >= 11 is 0. The SMILES string of the molecule is CN(C)S(=O)(=O)c1ccc(N2CCOCC2)c(C(=O)Nc2ccc3c(c2)C(C(F)(F)F)=CC(=O)C3)c1.CN(C)S(=O)(=O)c1ccc(N2CCOCC2)c(C(=O)O)c1.Nc1ccc2[nH]c(=O)cc(C(F)(F)F)c2c1. The third-order valence-electron chi connectivity index (χ3n) is 11.5. The predicted molar refractivity (Wildman–Crippen MR) is 259 cm³/mol. The van der Waals surface area contributed by atoms with E-state index >= 15 is 0 Å². The van der Waals surface area contributed by atoms with Gasteiger partial charge in [-0.15, -0.1) is 0 Å². The van der Waals surface area contributed by atoms with Crippen LogP contribution in [-0.4, -0.2) is 140 Å². The highest BCUT2D eigenvalue weighted by Crippen LogP contribution is 2.40. The number of H-pyrrole nitrogens is 1. The van der Waals surface area contributed by atoms with Gasteiger partial charge in [0.15, 0.2) is 5.78 Å². The Hall–Kier alpha value is -6.84. The van der Waals surface area contributed by atoms with Gasteiger partial charge in [-0.25, -0.2) is 30.2 Å². The Labute approximate surface area is 414 Å². The van der Waals surface area contributed by atoms with Crippen LogP contribution in [0.1, 0.15) is 37.4 Å². The number of nitrogens with one attached hydrogen (secondary N) is 2. The first kappa shape index (κ1) is 55.5. The van der Waals surface area contributed by atoms with Crippen LogP contribution in [0.4, 0.5) is 49.1 Å². The number of anilines is 4. The fourth-order valence-corrected chi connectivity index (χ4v) is 9.62. The molecule has 3 heterocycles. The minimum absolute atomic E-state index is 0.0141. The molecule has 2 aliphatic heterocycles. The van der Waals surface area contributed by atoms with Gasteiger partial charge in [-0.05, 0) is 83.9 Å². The van der Waals surface area contributed by atoms with Crippen molar-refractivity contribution in [2.75, 3.05) is 102 Å². The van der Waals surface area contributed by atoms with E-state index in [9.17, 15) is 67.5 Å². The van der Waals surface area contributed by atoms with Crippen molar-refractivity contribution in [2.24, 2.45) is 0 Å². The van der Waals surface area contributed by atoms with Crippen LogP contribution < -0.4 is 26.4 Å². The number of carboxylic acids is 1. The molecule has 0 saturated carbocycles. The van der Waals surface area contributed by atoms with Crippen LogP contribution in [-0.2, 0) is 46.9 Å². The van der Waals surface area contributed by atoms with Crippen LogP contribution in [0.5, 0.6) is 0 Å². The number of ketones is 1. The van der Waals surface area contributed by atoms with E-state index in [0.717, 1.165) is 8.61 Å². The normalized spacial score (nSPS) is 15.5. The molecule has 0 bridgehead atoms. The van der Waals surface area contributed by atoms with E-state index < -0.39 is 66.8 Å². The molecule has 0 radical (unpaired) electrons. The molecule has 1 aromatic heterocycles. The number of nitrogens with zero attached hydrogens (tertiary/aromatic N) is 4. The zero-order valence-corrected chi connectivity index (χ0v) is 41.1. The highest BCUT2D eigenvalue weighted by Gasteiger charge is 2.39. The van der Waals surface area contributed by atoms with Crippen molar-refractivity contribution in [3.05, 3.63) is 123 Å². The Balaban J connectivity index is 0.000000198. The summed E-state index contributed by atoms with van der Waals surface area (Å²) < 4.78 is 141. The minimum Gasteiger partial charge on any atom is -0.478 e. The summed E-state index contributed by atoms with van der Waals surface area (Å²) in [5, 5.41) is 11.8. The number of carbonyl (C=O) groups excluding carboxylic acids is 2. The number of nitrogens with two attached hydrogens (primary N) is 1. The van der Waals surface area contributed by atoms with Gasteiger partial charge >= 0.3 is 18.3 Å². The average Bonchev–Trinajstić information content (AvgIpc) is 3.33. The maximum absolute atomic E-state index is 13.5. The number of carboxylic acid groups (broad SMARTS) is 1. The average molecular weight is 1070 g/mol. The molecule has 4 aromatic carbocycles. The molecule has 3 aliphatic rings. The summed E-state index contributed by atoms with van der Waals surface area (Å²) in [5.41, 5.74) is 4.06. The molecule has 0 atom stereocenters. The first-order chi connectivity index (χ1) is 34.1. The largest absolute Gasteiger partial charge is 0.478 e. The monoisotopic (exact) mass is 1070 g/mol. The van der Waals surface area contributed by atoms with E-state index in [-0.39, 0.29) is 60.7 Å². The molecular weight excluding hydrogens is 1020 g/mol. The van der Waals surface area contributed by atoms with Crippen molar-refractivity contribution in [3.8, 4) is 0 Å². The van der Waals surface area contributed by atoms with Crippen molar-refractivity contribution in [2.45, 2.75) is 28.6 Å². The molecule has 5 aromatic rings. The molecule has 8 rings (SSSR count). The number of sulfonamides is 2. The number of morpholine rings is 2. The number of pyridine rings is 1. The maximum Gasteiger partial charge on any atom is 0.417 e. The Morgan fingerprint density at radius 2 is 1.22 bits per heavy atom. The van der Waals surface area contributed by atoms with Crippen LogP contribution >= 0.6 is 0 Å². The number of amides is 1. The second-order valence-electron chi connectivity index (χ2n) is 16.8. The molecule has 18 nitrogen and oxygen atoms in total. The molecule has 73 heavy (non-hydrogen) atoms. The first-order valence-corrected chi connectivity index (χ1v) is 24.8. The third-order valence-corrected chi connectivity index (χ3v) is 15.1. The Kier molecular flexibility index (Phi) is 16.8. The molecule has 1 aliphatic carbocycles. The summed E-state index contributed by atoms with van der Waals surface area (Å²) in [5.74, 6) is -2.48. The summed E-state index contributed by atoms with van der Waals surface area (Å²) in [6.45, 7) is 4.02. The topological polar surface area (TPSA) is 242 Å². The van der Waals surface area contributed by atoms with E-state index in [2.05, 4.69) is 10.3 Å². The maximum atomic E-state index is 13.5. The summed E-state index contributed by atoms with van der Waals surface area (Å²) in [7, 11) is -1.95. The van der Waals surface area contributed by atoms with Gasteiger partial charge in [0.25, 0.3) is 5.91 Å². The molecule has 26 heteroatoms. The summed E-state index contributed by atoms with van der Waals surface area (Å²) in [6.07, 6.45) is -8.92. The number of aromatic amines is 1. The lowest BCUT2D eigenvalue weighted by Gasteiger charge is -2.30. The van der Waals surface area contributed by atoms with Crippen molar-refractivity contribution in [1.82, 2.24) is 13.6 Å². The lowest BCUT2D eigenvalue weighted by molar-refractivity contribution is -0.136. The van der Waals surface area contributed by atoms with Crippen LogP contribution in [0, 0.1) is 0 Å². The molecule has 0 unspecified atom stereocenters. The number of ether oxygens (including phenoxy) is 2. The second kappa shape index (κ2) is 22.1. The number of allylic oxidation sites excluding steroid dienone is 2. The molecule has 0 spiro atoms. The van der Waals surface area contributed by atoms with E-state index in [1.54, 1.807) is 12.1 Å². The number of halogens is 6. The van der Waals surface area contributed by atoms with Crippen molar-refractivity contribution in [1.29, 1.82) is 0 Å². The molecule has 2 saturated heterocycles. The van der Waals surface area contributed by atoms with Crippen molar-refractivity contribution < 1.29 is 72.1 Å². The van der Waals surface area contributed by atoms with Gasteiger partial charge < -0.3 is 40.4 Å². The van der Waals surface area contributed by atoms with E-state index in [4.69, 9.17) is 15.2 Å². The second-order valence-corrected chi connectivity index (χ2v) is 21.1. The van der Waals surface area contributed by atoms with Gasteiger partial charge in [-0.3, -0.25) is 14.4 Å². The van der Waals surface area contributed by atoms with Crippen LogP contribution in [0.2, 0.25) is 0 Å². The zero-order chi connectivity index (χ0) is 53.8. The van der Waals surface area contributed by atoms with Crippen molar-refractivity contribution in [3.63, 3.8) is 0 Å². The number of nitrogen functional groups attached to an aromatic ring is 1. The molecular formula is C47H49F6N7O11S2. The third kappa shape index (κ3) is 13.0.